The summed E-state index contributed by atoms with van der Waals surface area (Å²) in [4.78, 5) is 23.1. The van der Waals surface area contributed by atoms with E-state index >= 15 is 0 Å². The maximum atomic E-state index is 12.0. The Morgan fingerprint density at radius 1 is 1.39 bits per heavy atom. The fourth-order valence-electron chi connectivity index (χ4n) is 2.07. The van der Waals surface area contributed by atoms with Crippen LogP contribution in [0.25, 0.3) is 0 Å². The van der Waals surface area contributed by atoms with E-state index in [9.17, 15) is 9.59 Å². The molecule has 0 saturated heterocycles. The average Bonchev–Trinajstić information content (AvgIpc) is 2.43. The molecule has 0 radical (unpaired) electrons. The zero-order valence-corrected chi connectivity index (χ0v) is 10.4. The van der Waals surface area contributed by atoms with Gasteiger partial charge in [-0.15, -0.1) is 0 Å². The monoisotopic (exact) mass is 247 g/mol. The van der Waals surface area contributed by atoms with E-state index < -0.39 is 0 Å². The van der Waals surface area contributed by atoms with Crippen LogP contribution in [0.15, 0.2) is 18.2 Å². The third kappa shape index (κ3) is 2.61. The number of rotatable bonds is 3. The number of hydrogen-bond donors (Lipinski definition) is 3. The minimum absolute atomic E-state index is 0.00638. The van der Waals surface area contributed by atoms with Crippen molar-refractivity contribution in [2.45, 2.75) is 12.8 Å². The van der Waals surface area contributed by atoms with Crippen molar-refractivity contribution in [3.63, 3.8) is 0 Å². The van der Waals surface area contributed by atoms with E-state index in [0.717, 1.165) is 30.6 Å². The number of nitrogens with one attached hydrogen (secondary N) is 3. The van der Waals surface area contributed by atoms with E-state index in [1.54, 1.807) is 13.1 Å². The number of benzene rings is 1. The summed E-state index contributed by atoms with van der Waals surface area (Å²) in [5, 5.41) is 8.36. The molecule has 0 fully saturated rings. The molecule has 0 spiro atoms. The molecule has 5 nitrogen and oxygen atoms in total. The van der Waals surface area contributed by atoms with Gasteiger partial charge >= 0.3 is 0 Å². The molecule has 0 atom stereocenters. The number of anilines is 1. The van der Waals surface area contributed by atoms with Crippen LogP contribution in [0.1, 0.15) is 22.3 Å². The van der Waals surface area contributed by atoms with E-state index in [-0.39, 0.29) is 18.4 Å². The molecule has 0 aliphatic carbocycles. The first kappa shape index (κ1) is 12.4. The maximum absolute atomic E-state index is 12.0. The number of likely N-dealkylation sites (N-methyl/N-ethyl adjacent to an activating group) is 1. The number of fused-ring (bicyclic) bond motifs is 1. The molecule has 1 aromatic carbocycles. The van der Waals surface area contributed by atoms with Crippen LogP contribution < -0.4 is 16.0 Å². The molecule has 1 aliphatic rings. The fourth-order valence-corrected chi connectivity index (χ4v) is 2.07. The molecule has 5 heteroatoms. The van der Waals surface area contributed by atoms with Gasteiger partial charge in [-0.05, 0) is 30.5 Å². The van der Waals surface area contributed by atoms with Gasteiger partial charge in [0.25, 0.3) is 5.91 Å². The average molecular weight is 247 g/mol. The van der Waals surface area contributed by atoms with E-state index in [1.165, 1.54) is 0 Å². The van der Waals surface area contributed by atoms with Crippen molar-refractivity contribution in [3.05, 3.63) is 29.3 Å². The normalized spacial score (nSPS) is 13.2. The van der Waals surface area contributed by atoms with E-state index in [4.69, 9.17) is 0 Å². The summed E-state index contributed by atoms with van der Waals surface area (Å²) < 4.78 is 0. The summed E-state index contributed by atoms with van der Waals surface area (Å²) in [7, 11) is 1.54. The molecule has 2 amide bonds. The third-order valence-corrected chi connectivity index (χ3v) is 3.03. The van der Waals surface area contributed by atoms with Crippen LogP contribution in [0.4, 0.5) is 5.69 Å². The number of carbonyl (C=O) groups excluding carboxylic acids is 2. The molecule has 3 N–H and O–H groups in total. The smallest absolute Gasteiger partial charge is 0.252 e. The van der Waals surface area contributed by atoms with E-state index in [0.29, 0.717) is 5.56 Å². The van der Waals surface area contributed by atoms with Gasteiger partial charge in [-0.25, -0.2) is 0 Å². The van der Waals surface area contributed by atoms with Gasteiger partial charge < -0.3 is 16.0 Å². The molecular weight excluding hydrogens is 230 g/mol. The van der Waals surface area contributed by atoms with Crippen molar-refractivity contribution >= 4 is 17.5 Å². The van der Waals surface area contributed by atoms with Crippen molar-refractivity contribution in [3.8, 4) is 0 Å². The first-order valence-electron chi connectivity index (χ1n) is 6.07. The predicted octanol–water partition coefficient (Wildman–Crippen LogP) is 0.520. The first-order valence-corrected chi connectivity index (χ1v) is 6.07. The molecule has 0 unspecified atom stereocenters. The Morgan fingerprint density at radius 2 is 2.22 bits per heavy atom. The number of hydrogen-bond acceptors (Lipinski definition) is 3. The summed E-state index contributed by atoms with van der Waals surface area (Å²) in [6.45, 7) is 0.947. The lowest BCUT2D eigenvalue weighted by Gasteiger charge is -2.20. The second-order valence-corrected chi connectivity index (χ2v) is 4.22. The summed E-state index contributed by atoms with van der Waals surface area (Å²) in [6.07, 6.45) is 1.92. The van der Waals surface area contributed by atoms with Crippen molar-refractivity contribution in [2.75, 3.05) is 25.5 Å². The molecule has 0 saturated carbocycles. The molecular formula is C13H17N3O2. The van der Waals surface area contributed by atoms with Gasteiger partial charge in [0.1, 0.15) is 0 Å². The Kier molecular flexibility index (Phi) is 3.82. The van der Waals surface area contributed by atoms with Crippen LogP contribution in [0.3, 0.4) is 0 Å². The highest BCUT2D eigenvalue weighted by atomic mass is 16.2. The van der Waals surface area contributed by atoms with Crippen LogP contribution >= 0.6 is 0 Å². The molecule has 1 aliphatic heterocycles. The molecule has 0 aromatic heterocycles. The summed E-state index contributed by atoms with van der Waals surface area (Å²) in [5.74, 6) is -0.398. The largest absolute Gasteiger partial charge is 0.385 e. The zero-order valence-electron chi connectivity index (χ0n) is 10.4. The topological polar surface area (TPSA) is 70.2 Å². The zero-order chi connectivity index (χ0) is 13.0. The quantitative estimate of drug-likeness (QED) is 0.729. The Hall–Kier alpha value is -2.04. The molecule has 0 bridgehead atoms. The second kappa shape index (κ2) is 5.53. The van der Waals surface area contributed by atoms with E-state index in [2.05, 4.69) is 16.0 Å². The van der Waals surface area contributed by atoms with Crippen molar-refractivity contribution in [2.24, 2.45) is 0 Å². The third-order valence-electron chi connectivity index (χ3n) is 3.03. The minimum atomic E-state index is -0.203. The van der Waals surface area contributed by atoms with Crippen LogP contribution in [0.5, 0.6) is 0 Å². The van der Waals surface area contributed by atoms with Gasteiger partial charge in [-0.2, -0.15) is 0 Å². The van der Waals surface area contributed by atoms with Crippen LogP contribution in [-0.2, 0) is 11.2 Å². The molecule has 2 rings (SSSR count). The van der Waals surface area contributed by atoms with Gasteiger partial charge in [0.15, 0.2) is 0 Å². The SMILES string of the molecule is CNC(=O)CNC(=O)c1cccc2c1CCCN2. The Bertz CT molecular complexity index is 471. The highest BCUT2D eigenvalue weighted by Crippen LogP contribution is 2.25. The summed E-state index contributed by atoms with van der Waals surface area (Å²) in [6, 6.07) is 5.63. The lowest BCUT2D eigenvalue weighted by atomic mass is 9.97. The van der Waals surface area contributed by atoms with Crippen molar-refractivity contribution in [1.29, 1.82) is 0 Å². The Labute approximate surface area is 106 Å². The lowest BCUT2D eigenvalue weighted by molar-refractivity contribution is -0.119. The molecule has 1 heterocycles. The molecule has 1 aromatic rings. The maximum Gasteiger partial charge on any atom is 0.252 e. The van der Waals surface area contributed by atoms with Crippen LogP contribution in [-0.4, -0.2) is 32.0 Å². The fraction of sp³-hybridized carbons (Fsp3) is 0.385. The highest BCUT2D eigenvalue weighted by Gasteiger charge is 2.17. The van der Waals surface area contributed by atoms with Crippen molar-refractivity contribution in [1.82, 2.24) is 10.6 Å². The van der Waals surface area contributed by atoms with Gasteiger partial charge in [-0.3, -0.25) is 9.59 Å². The van der Waals surface area contributed by atoms with Gasteiger partial charge in [0, 0.05) is 24.8 Å². The van der Waals surface area contributed by atoms with E-state index in [1.807, 2.05) is 12.1 Å². The number of carbonyl (C=O) groups is 2. The summed E-state index contributed by atoms with van der Waals surface area (Å²) in [5.41, 5.74) is 2.72. The molecule has 18 heavy (non-hydrogen) atoms. The summed E-state index contributed by atoms with van der Waals surface area (Å²) >= 11 is 0. The lowest BCUT2D eigenvalue weighted by Crippen LogP contribution is -2.35. The van der Waals surface area contributed by atoms with Gasteiger partial charge in [-0.1, -0.05) is 6.07 Å². The second-order valence-electron chi connectivity index (χ2n) is 4.22. The first-order chi connectivity index (χ1) is 8.72. The molecule has 96 valence electrons. The van der Waals surface area contributed by atoms with Crippen LogP contribution in [0, 0.1) is 0 Å². The Balaban J connectivity index is 2.13. The van der Waals surface area contributed by atoms with Crippen LogP contribution in [0.2, 0.25) is 0 Å². The number of amides is 2. The minimum Gasteiger partial charge on any atom is -0.385 e. The predicted molar refractivity (Wildman–Crippen MR) is 69.7 cm³/mol. The standard InChI is InChI=1S/C13H17N3O2/c1-14-12(17)8-16-13(18)10-4-2-6-11-9(10)5-3-7-15-11/h2,4,6,15H,3,5,7-8H2,1H3,(H,14,17)(H,16,18). The Morgan fingerprint density at radius 3 is 3.00 bits per heavy atom. The van der Waals surface area contributed by atoms with Gasteiger partial charge in [0.2, 0.25) is 5.91 Å². The van der Waals surface area contributed by atoms with Gasteiger partial charge in [0.05, 0.1) is 6.54 Å². The highest BCUT2D eigenvalue weighted by molar-refractivity contribution is 5.99. The van der Waals surface area contributed by atoms with Crippen molar-refractivity contribution < 1.29 is 9.59 Å².